The Balaban J connectivity index is 0.00000243. The Morgan fingerprint density at radius 1 is 1.15 bits per heavy atom. The number of ether oxygens (including phenoxy) is 1. The Morgan fingerprint density at radius 3 is 2.42 bits per heavy atom. The molecule has 0 amide bonds. The van der Waals surface area contributed by atoms with Crippen molar-refractivity contribution in [3.63, 3.8) is 0 Å². The van der Waals surface area contributed by atoms with Crippen LogP contribution in [0.4, 0.5) is 5.95 Å². The molecule has 138 valence electrons. The molecule has 0 fully saturated rings. The van der Waals surface area contributed by atoms with E-state index in [1.54, 1.807) is 20.2 Å². The third-order valence-corrected chi connectivity index (χ3v) is 4.04. The van der Waals surface area contributed by atoms with Crippen molar-refractivity contribution in [1.82, 2.24) is 19.4 Å². The van der Waals surface area contributed by atoms with Crippen LogP contribution in [0.5, 0.6) is 5.75 Å². The number of nitrogens with zero attached hydrogens (tertiary/aromatic N) is 5. The quantitative estimate of drug-likeness (QED) is 0.345. The van der Waals surface area contributed by atoms with Crippen LogP contribution in [-0.2, 0) is 0 Å². The van der Waals surface area contributed by atoms with Crippen molar-refractivity contribution in [3.05, 3.63) is 53.1 Å². The Bertz CT molecular complexity index is 912. The normalized spacial score (nSPS) is 10.8. The van der Waals surface area contributed by atoms with Gasteiger partial charge in [0, 0.05) is 22.6 Å². The maximum Gasteiger partial charge on any atom is 0.263 e. The minimum atomic E-state index is 0. The van der Waals surface area contributed by atoms with Crippen LogP contribution in [0.3, 0.4) is 0 Å². The molecule has 0 saturated carbocycles. The molecular weight excluding hydrogens is 354 g/mol. The number of benzene rings is 1. The molecule has 2 heterocycles. The van der Waals surface area contributed by atoms with Gasteiger partial charge < -0.3 is 27.6 Å². The van der Waals surface area contributed by atoms with Gasteiger partial charge in [0.15, 0.2) is 5.82 Å². The molecule has 0 atom stereocenters. The van der Waals surface area contributed by atoms with Gasteiger partial charge in [-0.2, -0.15) is 5.10 Å². The van der Waals surface area contributed by atoms with E-state index in [9.17, 15) is 0 Å². The molecule has 0 unspecified atom stereocenters. The lowest BCUT2D eigenvalue weighted by Gasteiger charge is -2.10. The number of nitrogens with two attached hydrogens (primary N) is 1. The molecule has 0 aliphatic rings. The molecule has 0 bridgehead atoms. The number of hydrazone groups is 1. The number of methoxy groups -OCH3 is 1. The lowest BCUT2D eigenvalue weighted by molar-refractivity contribution is -0.00000583. The van der Waals surface area contributed by atoms with Gasteiger partial charge in [0.25, 0.3) is 5.95 Å². The summed E-state index contributed by atoms with van der Waals surface area (Å²) in [5.41, 5.74) is 7.07. The van der Waals surface area contributed by atoms with E-state index in [-0.39, 0.29) is 12.4 Å². The van der Waals surface area contributed by atoms with Gasteiger partial charge in [-0.3, -0.25) is 0 Å². The maximum atomic E-state index is 5.78. The highest BCUT2D eigenvalue weighted by molar-refractivity contribution is 5.82. The van der Waals surface area contributed by atoms with Gasteiger partial charge in [0.05, 0.1) is 13.3 Å². The molecule has 3 rings (SSSR count). The van der Waals surface area contributed by atoms with Gasteiger partial charge in [-0.05, 0) is 51.1 Å². The summed E-state index contributed by atoms with van der Waals surface area (Å²) in [6, 6.07) is 10.0. The molecule has 0 aliphatic carbocycles. The van der Waals surface area contributed by atoms with Crippen LogP contribution in [-0.4, -0.2) is 32.8 Å². The predicted molar refractivity (Wildman–Crippen MR) is 97.9 cm³/mol. The summed E-state index contributed by atoms with van der Waals surface area (Å²) < 4.78 is 8.72. The van der Waals surface area contributed by atoms with Gasteiger partial charge in [-0.25, -0.2) is 10.1 Å². The fourth-order valence-electron chi connectivity index (χ4n) is 2.65. The smallest absolute Gasteiger partial charge is 0.263 e. The molecule has 1 aromatic carbocycles. The van der Waals surface area contributed by atoms with E-state index in [1.165, 1.54) is 4.68 Å². The molecule has 3 aromatic rings. The zero-order valence-corrected chi connectivity index (χ0v) is 15.8. The Morgan fingerprint density at radius 2 is 1.85 bits per heavy atom. The number of hydrogen-bond donors (Lipinski definition) is 2. The van der Waals surface area contributed by atoms with E-state index in [0.717, 1.165) is 28.4 Å². The highest BCUT2D eigenvalue weighted by Gasteiger charge is 2.10. The number of hydrogen-bond acceptors (Lipinski definition) is 6. The first-order valence-corrected chi connectivity index (χ1v) is 7.81. The summed E-state index contributed by atoms with van der Waals surface area (Å²) in [6.07, 6.45) is 1.74. The summed E-state index contributed by atoms with van der Waals surface area (Å²) >= 11 is 0. The van der Waals surface area contributed by atoms with Crippen LogP contribution in [0, 0.1) is 20.8 Å². The SMILES string of the molecule is COc1ccc(-n2c(C)cc(C=NNc3nnc(C)n3N)c2C)cc1.[Cl-]. The standard InChI is InChI=1S/C17H21N7O.ClH/c1-11-9-14(10-19-21-17-22-20-13(3)24(17)18)12(2)23(11)15-5-7-16(25-4)8-6-15;/h5-10H,18H2,1-4H3,(H,21,22);1H/p-1. The summed E-state index contributed by atoms with van der Waals surface area (Å²) in [6.45, 7) is 5.88. The predicted octanol–water partition coefficient (Wildman–Crippen LogP) is -0.834. The Kier molecular flexibility index (Phi) is 5.89. The van der Waals surface area contributed by atoms with E-state index in [2.05, 4.69) is 38.3 Å². The molecule has 0 aliphatic heterocycles. The van der Waals surface area contributed by atoms with E-state index in [4.69, 9.17) is 10.6 Å². The maximum absolute atomic E-state index is 5.78. The van der Waals surface area contributed by atoms with Crippen LogP contribution in [0.15, 0.2) is 35.4 Å². The third-order valence-electron chi connectivity index (χ3n) is 4.04. The minimum Gasteiger partial charge on any atom is -1.00 e. The molecule has 0 radical (unpaired) electrons. The molecule has 0 spiro atoms. The lowest BCUT2D eigenvalue weighted by Crippen LogP contribution is -3.00. The third kappa shape index (κ3) is 3.65. The van der Waals surface area contributed by atoms with Crippen molar-refractivity contribution in [3.8, 4) is 11.4 Å². The Labute approximate surface area is 158 Å². The molecule has 26 heavy (non-hydrogen) atoms. The van der Waals surface area contributed by atoms with Crippen molar-refractivity contribution in [2.24, 2.45) is 5.10 Å². The Hall–Kier alpha value is -3.00. The number of anilines is 1. The first-order chi connectivity index (χ1) is 12.0. The number of aryl methyl sites for hydroxylation is 2. The summed E-state index contributed by atoms with van der Waals surface area (Å²) in [5.74, 6) is 7.61. The number of aromatic nitrogens is 4. The largest absolute Gasteiger partial charge is 1.00 e. The fourth-order valence-corrected chi connectivity index (χ4v) is 2.65. The van der Waals surface area contributed by atoms with E-state index in [0.29, 0.717) is 11.8 Å². The van der Waals surface area contributed by atoms with Crippen molar-refractivity contribution in [2.45, 2.75) is 20.8 Å². The van der Waals surface area contributed by atoms with Gasteiger partial charge in [0.1, 0.15) is 5.75 Å². The van der Waals surface area contributed by atoms with Crippen molar-refractivity contribution < 1.29 is 17.1 Å². The number of nitrogens with one attached hydrogen (secondary N) is 1. The second kappa shape index (κ2) is 7.92. The average Bonchev–Trinajstić information content (AvgIpc) is 3.08. The van der Waals surface area contributed by atoms with Crippen molar-refractivity contribution in [1.29, 1.82) is 0 Å². The summed E-state index contributed by atoms with van der Waals surface area (Å²) in [4.78, 5) is 0. The van der Waals surface area contributed by atoms with Crippen molar-refractivity contribution >= 4 is 12.2 Å². The van der Waals surface area contributed by atoms with Crippen molar-refractivity contribution in [2.75, 3.05) is 18.4 Å². The number of nitrogen functional groups attached to an aromatic ring is 1. The topological polar surface area (TPSA) is 95.3 Å². The number of rotatable bonds is 5. The second-order valence-corrected chi connectivity index (χ2v) is 5.67. The molecule has 9 heteroatoms. The van der Waals surface area contributed by atoms with Gasteiger partial charge >= 0.3 is 0 Å². The fraction of sp³-hybridized carbons (Fsp3) is 0.235. The van der Waals surface area contributed by atoms with Gasteiger partial charge in [0.2, 0.25) is 0 Å². The first kappa shape index (κ1) is 19.3. The van der Waals surface area contributed by atoms with Crippen LogP contribution < -0.4 is 28.4 Å². The summed E-state index contributed by atoms with van der Waals surface area (Å²) in [7, 11) is 1.66. The zero-order valence-electron chi connectivity index (χ0n) is 15.1. The molecular formula is C17H21ClN7O-. The highest BCUT2D eigenvalue weighted by Crippen LogP contribution is 2.22. The van der Waals surface area contributed by atoms with Crippen LogP contribution >= 0.6 is 0 Å². The van der Waals surface area contributed by atoms with Crippen LogP contribution in [0.1, 0.15) is 22.8 Å². The average molecular weight is 375 g/mol. The van der Waals surface area contributed by atoms with Gasteiger partial charge in [-0.15, -0.1) is 10.2 Å². The number of halogens is 1. The molecule has 2 aromatic heterocycles. The van der Waals surface area contributed by atoms with E-state index in [1.807, 2.05) is 31.2 Å². The summed E-state index contributed by atoms with van der Waals surface area (Å²) in [5, 5.41) is 12.0. The lowest BCUT2D eigenvalue weighted by atomic mass is 10.2. The first-order valence-electron chi connectivity index (χ1n) is 7.81. The molecule has 8 nitrogen and oxygen atoms in total. The van der Waals surface area contributed by atoms with Crippen LogP contribution in [0.2, 0.25) is 0 Å². The van der Waals surface area contributed by atoms with E-state index < -0.39 is 0 Å². The van der Waals surface area contributed by atoms with E-state index >= 15 is 0 Å². The van der Waals surface area contributed by atoms with Crippen LogP contribution in [0.25, 0.3) is 5.69 Å². The van der Waals surface area contributed by atoms with Gasteiger partial charge in [-0.1, -0.05) is 0 Å². The minimum absolute atomic E-state index is 0. The zero-order chi connectivity index (χ0) is 18.0. The molecule has 0 saturated heterocycles. The monoisotopic (exact) mass is 374 g/mol. The second-order valence-electron chi connectivity index (χ2n) is 5.67. The molecule has 3 N–H and O–H groups in total. The highest BCUT2D eigenvalue weighted by atomic mass is 35.5.